The van der Waals surface area contributed by atoms with Gasteiger partial charge in [0.05, 0.1) is 32.5 Å². The van der Waals surface area contributed by atoms with Crippen molar-refractivity contribution in [1.82, 2.24) is 15.5 Å². The van der Waals surface area contributed by atoms with Gasteiger partial charge in [-0.3, -0.25) is 19.8 Å². The molecular formula is C17H23N3O5. The van der Waals surface area contributed by atoms with E-state index in [1.807, 2.05) is 4.90 Å². The van der Waals surface area contributed by atoms with E-state index in [9.17, 15) is 9.59 Å². The van der Waals surface area contributed by atoms with Crippen LogP contribution < -0.4 is 20.1 Å². The molecule has 0 bridgehead atoms. The zero-order chi connectivity index (χ0) is 17.6. The zero-order valence-electron chi connectivity index (χ0n) is 14.2. The van der Waals surface area contributed by atoms with E-state index < -0.39 is 6.04 Å². The summed E-state index contributed by atoms with van der Waals surface area (Å²) < 4.78 is 15.8. The highest BCUT2D eigenvalue weighted by Gasteiger charge is 2.20. The molecule has 3 rings (SSSR count). The molecule has 1 fully saturated rings. The number of rotatable bonds is 7. The van der Waals surface area contributed by atoms with E-state index in [1.165, 1.54) is 0 Å². The molecule has 2 aliphatic heterocycles. The lowest BCUT2D eigenvalue weighted by Crippen LogP contribution is -2.47. The standard InChI is InChI=1S/C17H23N3O5/c1-12(17(22)13-2-3-14-15(8-13)25-11-24-14)18-10-19-16(21)9-20-4-6-23-7-5-20/h2-3,8,12,18H,4-7,9-11H2,1H3,(H,19,21). The van der Waals surface area contributed by atoms with Crippen LogP contribution in [-0.4, -0.2) is 68.9 Å². The topological polar surface area (TPSA) is 89.1 Å². The molecule has 0 aliphatic carbocycles. The number of fused-ring (bicyclic) bond motifs is 1. The molecule has 8 heteroatoms. The first-order chi connectivity index (χ1) is 12.1. The maximum absolute atomic E-state index is 12.4. The lowest BCUT2D eigenvalue weighted by atomic mass is 10.1. The fourth-order valence-corrected chi connectivity index (χ4v) is 2.71. The second kappa shape index (κ2) is 8.28. The summed E-state index contributed by atoms with van der Waals surface area (Å²) in [5, 5.41) is 5.80. The van der Waals surface area contributed by atoms with Gasteiger partial charge >= 0.3 is 0 Å². The molecule has 0 spiro atoms. The average Bonchev–Trinajstić information content (AvgIpc) is 3.09. The van der Waals surface area contributed by atoms with E-state index in [2.05, 4.69) is 10.6 Å². The van der Waals surface area contributed by atoms with E-state index in [-0.39, 0.29) is 25.2 Å². The number of amides is 1. The first-order valence-electron chi connectivity index (χ1n) is 8.37. The Morgan fingerprint density at radius 1 is 1.20 bits per heavy atom. The van der Waals surface area contributed by atoms with Crippen LogP contribution >= 0.6 is 0 Å². The van der Waals surface area contributed by atoms with Crippen molar-refractivity contribution in [3.63, 3.8) is 0 Å². The number of nitrogens with zero attached hydrogens (tertiary/aromatic N) is 1. The van der Waals surface area contributed by atoms with E-state index in [1.54, 1.807) is 25.1 Å². The van der Waals surface area contributed by atoms with Crippen LogP contribution in [0.15, 0.2) is 18.2 Å². The third kappa shape index (κ3) is 4.68. The zero-order valence-corrected chi connectivity index (χ0v) is 14.2. The summed E-state index contributed by atoms with van der Waals surface area (Å²) in [5.74, 6) is 1.09. The minimum absolute atomic E-state index is 0.0688. The second-order valence-corrected chi connectivity index (χ2v) is 6.02. The van der Waals surface area contributed by atoms with Gasteiger partial charge in [-0.1, -0.05) is 0 Å². The van der Waals surface area contributed by atoms with Crippen LogP contribution in [0.25, 0.3) is 0 Å². The highest BCUT2D eigenvalue weighted by atomic mass is 16.7. The minimum Gasteiger partial charge on any atom is -0.454 e. The van der Waals surface area contributed by atoms with Gasteiger partial charge in [-0.15, -0.1) is 0 Å². The highest BCUT2D eigenvalue weighted by molar-refractivity contribution is 6.00. The Bertz CT molecular complexity index is 631. The Hall–Kier alpha value is -2.16. The van der Waals surface area contributed by atoms with Crippen LogP contribution in [0.1, 0.15) is 17.3 Å². The largest absolute Gasteiger partial charge is 0.454 e. The van der Waals surface area contributed by atoms with Gasteiger partial charge in [-0.2, -0.15) is 0 Å². The summed E-state index contributed by atoms with van der Waals surface area (Å²) >= 11 is 0. The predicted molar refractivity (Wildman–Crippen MR) is 89.8 cm³/mol. The molecule has 25 heavy (non-hydrogen) atoms. The van der Waals surface area contributed by atoms with Gasteiger partial charge in [0.25, 0.3) is 0 Å². The van der Waals surface area contributed by atoms with Gasteiger partial charge in [-0.25, -0.2) is 0 Å². The number of hydrogen-bond acceptors (Lipinski definition) is 7. The Kier molecular flexibility index (Phi) is 5.85. The Morgan fingerprint density at radius 2 is 1.96 bits per heavy atom. The summed E-state index contributed by atoms with van der Waals surface area (Å²) in [6, 6.07) is 4.70. The van der Waals surface area contributed by atoms with Crippen molar-refractivity contribution in [2.45, 2.75) is 13.0 Å². The number of morpholine rings is 1. The molecule has 1 saturated heterocycles. The van der Waals surface area contributed by atoms with Crippen LogP contribution in [0.4, 0.5) is 0 Å². The summed E-state index contributed by atoms with van der Waals surface area (Å²) in [4.78, 5) is 26.4. The molecule has 2 N–H and O–H groups in total. The summed E-state index contributed by atoms with van der Waals surface area (Å²) in [7, 11) is 0. The van der Waals surface area contributed by atoms with E-state index in [0.29, 0.717) is 36.8 Å². The molecule has 8 nitrogen and oxygen atoms in total. The molecule has 0 radical (unpaired) electrons. The van der Waals surface area contributed by atoms with Gasteiger partial charge in [-0.05, 0) is 25.1 Å². The van der Waals surface area contributed by atoms with Crippen molar-refractivity contribution in [2.75, 3.05) is 46.3 Å². The van der Waals surface area contributed by atoms with Crippen molar-refractivity contribution >= 4 is 11.7 Å². The highest BCUT2D eigenvalue weighted by Crippen LogP contribution is 2.32. The van der Waals surface area contributed by atoms with Gasteiger partial charge < -0.3 is 19.5 Å². The van der Waals surface area contributed by atoms with Crippen molar-refractivity contribution in [2.24, 2.45) is 0 Å². The maximum Gasteiger partial charge on any atom is 0.235 e. The van der Waals surface area contributed by atoms with Crippen molar-refractivity contribution in [3.05, 3.63) is 23.8 Å². The molecule has 0 aromatic heterocycles. The number of nitrogens with one attached hydrogen (secondary N) is 2. The first kappa shape index (κ1) is 17.7. The molecule has 0 saturated carbocycles. The quantitative estimate of drug-likeness (QED) is 0.528. The number of ether oxygens (including phenoxy) is 3. The Morgan fingerprint density at radius 3 is 2.76 bits per heavy atom. The number of carbonyl (C=O) groups is 2. The van der Waals surface area contributed by atoms with Crippen LogP contribution in [0.3, 0.4) is 0 Å². The van der Waals surface area contributed by atoms with E-state index in [0.717, 1.165) is 13.1 Å². The lowest BCUT2D eigenvalue weighted by Gasteiger charge is -2.25. The third-order valence-corrected chi connectivity index (χ3v) is 4.22. The smallest absolute Gasteiger partial charge is 0.235 e. The number of carbonyl (C=O) groups excluding carboxylic acids is 2. The van der Waals surface area contributed by atoms with Gasteiger partial charge in [0.15, 0.2) is 17.3 Å². The Labute approximate surface area is 146 Å². The summed E-state index contributed by atoms with van der Waals surface area (Å²) in [6.45, 7) is 5.37. The van der Waals surface area contributed by atoms with Crippen LogP contribution in [0.2, 0.25) is 0 Å². The van der Waals surface area contributed by atoms with E-state index in [4.69, 9.17) is 14.2 Å². The monoisotopic (exact) mass is 349 g/mol. The molecule has 1 amide bonds. The number of hydrogen-bond donors (Lipinski definition) is 2. The number of benzene rings is 1. The van der Waals surface area contributed by atoms with Gasteiger partial charge in [0, 0.05) is 18.7 Å². The summed E-state index contributed by atoms with van der Waals surface area (Å²) in [6.07, 6.45) is 0. The molecular weight excluding hydrogens is 326 g/mol. The molecule has 2 aliphatic rings. The van der Waals surface area contributed by atoms with Crippen molar-refractivity contribution in [1.29, 1.82) is 0 Å². The Balaban J connectivity index is 1.41. The lowest BCUT2D eigenvalue weighted by molar-refractivity contribution is -0.123. The SMILES string of the molecule is CC(NCNC(=O)CN1CCOCC1)C(=O)c1ccc2c(c1)OCO2. The average molecular weight is 349 g/mol. The fraction of sp³-hybridized carbons (Fsp3) is 0.529. The van der Waals surface area contributed by atoms with Crippen LogP contribution in [0, 0.1) is 0 Å². The molecule has 2 heterocycles. The maximum atomic E-state index is 12.4. The first-order valence-corrected chi connectivity index (χ1v) is 8.37. The minimum atomic E-state index is -0.427. The second-order valence-electron chi connectivity index (χ2n) is 6.02. The van der Waals surface area contributed by atoms with Crippen LogP contribution in [-0.2, 0) is 9.53 Å². The normalized spacial score (nSPS) is 18.0. The van der Waals surface area contributed by atoms with Crippen molar-refractivity contribution < 1.29 is 23.8 Å². The molecule has 1 aromatic carbocycles. The van der Waals surface area contributed by atoms with Gasteiger partial charge in [0.1, 0.15) is 0 Å². The molecule has 1 aromatic rings. The number of ketones is 1. The summed E-state index contributed by atoms with van der Waals surface area (Å²) in [5.41, 5.74) is 0.545. The third-order valence-electron chi connectivity index (χ3n) is 4.22. The molecule has 1 atom stereocenters. The van der Waals surface area contributed by atoms with Crippen molar-refractivity contribution in [3.8, 4) is 11.5 Å². The fourth-order valence-electron chi connectivity index (χ4n) is 2.71. The predicted octanol–water partition coefficient (Wildman–Crippen LogP) is -0.0180. The van der Waals surface area contributed by atoms with E-state index >= 15 is 0 Å². The molecule has 136 valence electrons. The molecule has 1 unspecified atom stereocenters. The van der Waals surface area contributed by atoms with Crippen LogP contribution in [0.5, 0.6) is 11.5 Å². The number of Topliss-reactive ketones (excluding diaryl/α,β-unsaturated/α-hetero) is 1. The van der Waals surface area contributed by atoms with Gasteiger partial charge in [0.2, 0.25) is 12.7 Å².